The first-order chi connectivity index (χ1) is 9.36. The van der Waals surface area contributed by atoms with Gasteiger partial charge in [-0.2, -0.15) is 0 Å². The van der Waals surface area contributed by atoms with Crippen molar-refractivity contribution in [2.45, 2.75) is 65.8 Å². The molecule has 0 spiro atoms. The maximum Gasteiger partial charge on any atom is 0.0410 e. The summed E-state index contributed by atoms with van der Waals surface area (Å²) >= 11 is 6.03. The first kappa shape index (κ1) is 15.7. The van der Waals surface area contributed by atoms with Gasteiger partial charge in [-0.3, -0.25) is 0 Å². The number of nitrogens with one attached hydrogen (secondary N) is 1. The first-order valence-electron chi connectivity index (χ1n) is 7.89. The molecule has 1 N–H and O–H groups in total. The highest BCUT2D eigenvalue weighted by atomic mass is 35.5. The van der Waals surface area contributed by atoms with Gasteiger partial charge in [0.1, 0.15) is 0 Å². The summed E-state index contributed by atoms with van der Waals surface area (Å²) in [4.78, 5) is 0. The molecule has 0 radical (unpaired) electrons. The Bertz CT molecular complexity index is 447. The van der Waals surface area contributed by atoms with E-state index in [1.54, 1.807) is 0 Å². The zero-order valence-corrected chi connectivity index (χ0v) is 14.1. The molecular formula is C18H28ClN. The molecule has 1 fully saturated rings. The van der Waals surface area contributed by atoms with E-state index in [1.807, 2.05) is 12.1 Å². The lowest BCUT2D eigenvalue weighted by Crippen LogP contribution is -2.21. The van der Waals surface area contributed by atoms with E-state index in [-0.39, 0.29) is 0 Å². The lowest BCUT2D eigenvalue weighted by atomic mass is 9.76. The highest BCUT2D eigenvalue weighted by Crippen LogP contribution is 2.37. The number of anilines is 1. The molecule has 1 aromatic rings. The van der Waals surface area contributed by atoms with Gasteiger partial charge in [-0.1, -0.05) is 38.8 Å². The van der Waals surface area contributed by atoms with Crippen molar-refractivity contribution in [3.63, 3.8) is 0 Å². The molecule has 2 heteroatoms. The minimum atomic E-state index is 0.449. The Kier molecular flexibility index (Phi) is 5.01. The Balaban J connectivity index is 1.97. The number of halogens is 1. The van der Waals surface area contributed by atoms with Crippen molar-refractivity contribution in [1.82, 2.24) is 0 Å². The molecule has 112 valence electrons. The zero-order valence-electron chi connectivity index (χ0n) is 13.3. The van der Waals surface area contributed by atoms with Gasteiger partial charge in [-0.15, -0.1) is 0 Å². The van der Waals surface area contributed by atoms with Crippen LogP contribution in [0.1, 0.15) is 58.4 Å². The van der Waals surface area contributed by atoms with Crippen LogP contribution >= 0.6 is 11.6 Å². The number of benzene rings is 1. The molecule has 0 aliphatic heterocycles. The smallest absolute Gasteiger partial charge is 0.0410 e. The molecule has 0 aromatic heterocycles. The van der Waals surface area contributed by atoms with Gasteiger partial charge in [0.25, 0.3) is 0 Å². The first-order valence-corrected chi connectivity index (χ1v) is 8.27. The van der Waals surface area contributed by atoms with Crippen molar-refractivity contribution in [2.75, 3.05) is 5.32 Å². The predicted octanol–water partition coefficient (Wildman–Crippen LogP) is 6.06. The largest absolute Gasteiger partial charge is 0.382 e. The van der Waals surface area contributed by atoms with Crippen LogP contribution in [-0.2, 0) is 0 Å². The molecule has 1 aromatic carbocycles. The Morgan fingerprint density at radius 3 is 2.50 bits per heavy atom. The van der Waals surface area contributed by atoms with E-state index in [9.17, 15) is 0 Å². The molecule has 1 aliphatic rings. The Morgan fingerprint density at radius 2 is 1.85 bits per heavy atom. The van der Waals surface area contributed by atoms with Crippen molar-refractivity contribution in [3.05, 3.63) is 28.8 Å². The van der Waals surface area contributed by atoms with Crippen LogP contribution in [0.15, 0.2) is 18.2 Å². The molecule has 2 atom stereocenters. The van der Waals surface area contributed by atoms with Crippen LogP contribution < -0.4 is 5.32 Å². The van der Waals surface area contributed by atoms with E-state index in [0.29, 0.717) is 11.5 Å². The van der Waals surface area contributed by atoms with Crippen molar-refractivity contribution in [3.8, 4) is 0 Å². The second-order valence-corrected chi connectivity index (χ2v) is 7.81. The molecule has 2 unspecified atom stereocenters. The molecule has 20 heavy (non-hydrogen) atoms. The quantitative estimate of drug-likeness (QED) is 0.654. The normalized spacial score (nSPS) is 24.2. The van der Waals surface area contributed by atoms with Crippen molar-refractivity contribution >= 4 is 17.3 Å². The standard InChI is InChI=1S/C18H28ClN/c1-13-12-15(19)9-11-17(13)20-16-7-5-6-14(8-10-16)18(2,3)4/h9,11-12,14,16,20H,5-8,10H2,1-4H3. The average Bonchev–Trinajstić information content (AvgIpc) is 2.58. The predicted molar refractivity (Wildman–Crippen MR) is 89.6 cm³/mol. The van der Waals surface area contributed by atoms with Crippen LogP contribution in [0, 0.1) is 18.3 Å². The van der Waals surface area contributed by atoms with Gasteiger partial charge < -0.3 is 5.32 Å². The third-order valence-corrected chi connectivity index (χ3v) is 4.98. The fourth-order valence-electron chi connectivity index (χ4n) is 3.32. The fraction of sp³-hybridized carbons (Fsp3) is 0.667. The summed E-state index contributed by atoms with van der Waals surface area (Å²) in [5.74, 6) is 0.862. The van der Waals surface area contributed by atoms with Crippen LogP contribution in [0.5, 0.6) is 0 Å². The van der Waals surface area contributed by atoms with Crippen molar-refractivity contribution in [1.29, 1.82) is 0 Å². The van der Waals surface area contributed by atoms with Gasteiger partial charge in [-0.25, -0.2) is 0 Å². The number of hydrogen-bond donors (Lipinski definition) is 1. The molecule has 0 heterocycles. The van der Waals surface area contributed by atoms with Crippen molar-refractivity contribution in [2.24, 2.45) is 11.3 Å². The van der Waals surface area contributed by atoms with E-state index in [4.69, 9.17) is 11.6 Å². The number of hydrogen-bond acceptors (Lipinski definition) is 1. The Labute approximate surface area is 129 Å². The van der Waals surface area contributed by atoms with Crippen LogP contribution in [0.4, 0.5) is 5.69 Å². The van der Waals surface area contributed by atoms with Gasteiger partial charge in [0, 0.05) is 16.8 Å². The van der Waals surface area contributed by atoms with E-state index >= 15 is 0 Å². The SMILES string of the molecule is Cc1cc(Cl)ccc1NC1CCCC(C(C)(C)C)CC1. The third-order valence-electron chi connectivity index (χ3n) is 4.74. The van der Waals surface area contributed by atoms with E-state index < -0.39 is 0 Å². The second-order valence-electron chi connectivity index (χ2n) is 7.37. The molecular weight excluding hydrogens is 266 g/mol. The highest BCUT2D eigenvalue weighted by molar-refractivity contribution is 6.30. The minimum absolute atomic E-state index is 0.449. The maximum absolute atomic E-state index is 6.03. The minimum Gasteiger partial charge on any atom is -0.382 e. The molecule has 1 saturated carbocycles. The van der Waals surface area contributed by atoms with Crippen LogP contribution in [0.3, 0.4) is 0 Å². The van der Waals surface area contributed by atoms with Gasteiger partial charge >= 0.3 is 0 Å². The molecule has 0 bridgehead atoms. The van der Waals surface area contributed by atoms with Crippen LogP contribution in [-0.4, -0.2) is 6.04 Å². The second kappa shape index (κ2) is 6.39. The topological polar surface area (TPSA) is 12.0 Å². The molecule has 2 rings (SSSR count). The summed E-state index contributed by atoms with van der Waals surface area (Å²) in [6.45, 7) is 9.28. The highest BCUT2D eigenvalue weighted by Gasteiger charge is 2.27. The van der Waals surface area contributed by atoms with Gasteiger partial charge in [0.05, 0.1) is 0 Å². The van der Waals surface area contributed by atoms with E-state index in [0.717, 1.165) is 10.9 Å². The lowest BCUT2D eigenvalue weighted by Gasteiger charge is -2.29. The molecule has 1 aliphatic carbocycles. The molecule has 0 saturated heterocycles. The molecule has 1 nitrogen and oxygen atoms in total. The average molecular weight is 294 g/mol. The summed E-state index contributed by atoms with van der Waals surface area (Å²) < 4.78 is 0. The Morgan fingerprint density at radius 1 is 1.10 bits per heavy atom. The van der Waals surface area contributed by atoms with Crippen LogP contribution in [0.2, 0.25) is 5.02 Å². The summed E-state index contributed by atoms with van der Waals surface area (Å²) in [6, 6.07) is 6.75. The fourth-order valence-corrected chi connectivity index (χ4v) is 3.55. The summed E-state index contributed by atoms with van der Waals surface area (Å²) in [5, 5.41) is 4.55. The van der Waals surface area contributed by atoms with E-state index in [2.05, 4.69) is 39.1 Å². The lowest BCUT2D eigenvalue weighted by molar-refractivity contribution is 0.214. The third kappa shape index (κ3) is 4.15. The van der Waals surface area contributed by atoms with Crippen molar-refractivity contribution < 1.29 is 0 Å². The number of rotatable bonds is 2. The zero-order chi connectivity index (χ0) is 14.8. The maximum atomic E-state index is 6.03. The van der Waals surface area contributed by atoms with Gasteiger partial charge in [-0.05, 0) is 67.7 Å². The van der Waals surface area contributed by atoms with E-state index in [1.165, 1.54) is 43.4 Å². The summed E-state index contributed by atoms with van der Waals surface area (Å²) in [7, 11) is 0. The van der Waals surface area contributed by atoms with Gasteiger partial charge in [0.15, 0.2) is 0 Å². The summed E-state index contributed by atoms with van der Waals surface area (Å²) in [6.07, 6.45) is 6.62. The monoisotopic (exact) mass is 293 g/mol. The van der Waals surface area contributed by atoms with Gasteiger partial charge in [0.2, 0.25) is 0 Å². The van der Waals surface area contributed by atoms with Crippen LogP contribution in [0.25, 0.3) is 0 Å². The Hall–Kier alpha value is -0.690. The number of aryl methyl sites for hydroxylation is 1. The molecule has 0 amide bonds. The summed E-state index contributed by atoms with van der Waals surface area (Å²) in [5.41, 5.74) is 2.94.